The average molecular weight is 407 g/mol. The van der Waals surface area contributed by atoms with Crippen LogP contribution >= 0.6 is 0 Å². The second-order valence-electron chi connectivity index (χ2n) is 9.47. The van der Waals surface area contributed by atoms with Crippen molar-refractivity contribution in [2.24, 2.45) is 5.92 Å². The first-order chi connectivity index (χ1) is 13.7. The molecule has 0 radical (unpaired) electrons. The van der Waals surface area contributed by atoms with Gasteiger partial charge in [-0.1, -0.05) is 124 Å². The summed E-state index contributed by atoms with van der Waals surface area (Å²) in [6.45, 7) is 16.0. The van der Waals surface area contributed by atoms with Crippen LogP contribution in [0.1, 0.15) is 60.3 Å². The Morgan fingerprint density at radius 2 is 1.45 bits per heavy atom. The van der Waals surface area contributed by atoms with Gasteiger partial charge in [-0.05, 0) is 23.4 Å². The highest BCUT2D eigenvalue weighted by molar-refractivity contribution is 7.04. The Morgan fingerprint density at radius 1 is 0.966 bits per heavy atom. The quantitative estimate of drug-likeness (QED) is 0.330. The van der Waals surface area contributed by atoms with Gasteiger partial charge in [0.2, 0.25) is 0 Å². The summed E-state index contributed by atoms with van der Waals surface area (Å²) in [6.07, 6.45) is 3.39. The minimum Gasteiger partial charge on any atom is -0.300 e. The lowest BCUT2D eigenvalue weighted by Gasteiger charge is -2.45. The van der Waals surface area contributed by atoms with E-state index in [0.29, 0.717) is 18.6 Å². The summed E-state index contributed by atoms with van der Waals surface area (Å²) in [7, 11) is -2.16. The van der Waals surface area contributed by atoms with Gasteiger partial charge >= 0.3 is 0 Å². The molecular formula is C27H38OSi. The predicted molar refractivity (Wildman–Crippen MR) is 130 cm³/mol. The highest BCUT2D eigenvalue weighted by Gasteiger charge is 2.47. The molecule has 2 aromatic rings. The zero-order chi connectivity index (χ0) is 21.5. The second-order valence-corrected chi connectivity index (χ2v) is 14.3. The van der Waals surface area contributed by atoms with Crippen molar-refractivity contribution in [3.8, 4) is 0 Å². The van der Waals surface area contributed by atoms with E-state index in [1.807, 2.05) is 0 Å². The zero-order valence-electron chi connectivity index (χ0n) is 19.0. The third kappa shape index (κ3) is 5.57. The van der Waals surface area contributed by atoms with E-state index in [1.54, 1.807) is 0 Å². The first-order valence-corrected chi connectivity index (χ1v) is 13.2. The predicted octanol–water partition coefficient (Wildman–Crippen LogP) is 6.39. The van der Waals surface area contributed by atoms with E-state index in [9.17, 15) is 4.79 Å². The van der Waals surface area contributed by atoms with Crippen LogP contribution in [0.15, 0.2) is 72.8 Å². The molecule has 0 aliphatic carbocycles. The summed E-state index contributed by atoms with van der Waals surface area (Å²) in [5, 5.41) is 3.01. The number of allylic oxidation sites excluding steroid dienone is 1. The SMILES string of the molecule is C=C(C[Si](c1ccccc1)(c1ccccc1)C(C)(C)C)C(C)CC(=O)CCCC. The number of hydrogen-bond acceptors (Lipinski definition) is 1. The topological polar surface area (TPSA) is 17.1 Å². The summed E-state index contributed by atoms with van der Waals surface area (Å²) in [5.41, 5.74) is 1.23. The van der Waals surface area contributed by atoms with Crippen LogP contribution in [0.4, 0.5) is 0 Å². The Hall–Kier alpha value is -1.93. The van der Waals surface area contributed by atoms with Gasteiger partial charge in [0.15, 0.2) is 0 Å². The van der Waals surface area contributed by atoms with Gasteiger partial charge in [0.1, 0.15) is 13.9 Å². The molecule has 0 N–H and O–H groups in total. The molecular weight excluding hydrogens is 368 g/mol. The third-order valence-corrected chi connectivity index (χ3v) is 12.5. The van der Waals surface area contributed by atoms with Crippen LogP contribution in [0.2, 0.25) is 11.1 Å². The van der Waals surface area contributed by atoms with Gasteiger partial charge in [-0.25, -0.2) is 0 Å². The standard InChI is InChI=1S/C27H38OSi/c1-7-8-15-24(28)20-22(2)23(3)21-29(27(4,5)6,25-16-11-9-12-17-25)26-18-13-10-14-19-26/h9-14,16-19,22H,3,7-8,15,20-21H2,1-2,4-6H3. The van der Waals surface area contributed by atoms with Gasteiger partial charge in [0.25, 0.3) is 0 Å². The summed E-state index contributed by atoms with van der Waals surface area (Å²) < 4.78 is 0. The van der Waals surface area contributed by atoms with E-state index >= 15 is 0 Å². The molecule has 0 spiro atoms. The molecule has 1 atom stereocenters. The number of ketones is 1. The molecule has 0 aliphatic rings. The number of rotatable bonds is 10. The summed E-state index contributed by atoms with van der Waals surface area (Å²) in [5.74, 6) is 0.601. The van der Waals surface area contributed by atoms with Crippen molar-refractivity contribution in [2.45, 2.75) is 71.4 Å². The molecule has 1 nitrogen and oxygen atoms in total. The van der Waals surface area contributed by atoms with E-state index in [2.05, 4.69) is 102 Å². The molecule has 0 heterocycles. The van der Waals surface area contributed by atoms with Crippen LogP contribution in [0.5, 0.6) is 0 Å². The number of carbonyl (C=O) groups is 1. The van der Waals surface area contributed by atoms with Gasteiger partial charge < -0.3 is 0 Å². The molecule has 156 valence electrons. The number of hydrogen-bond donors (Lipinski definition) is 0. The maximum atomic E-state index is 12.4. The number of unbranched alkanes of at least 4 members (excludes halogenated alkanes) is 1. The molecule has 1 unspecified atom stereocenters. The number of Topliss-reactive ketones (excluding diaryl/α,β-unsaturated/α-hetero) is 1. The largest absolute Gasteiger partial charge is 0.300 e. The average Bonchev–Trinajstić information content (AvgIpc) is 2.70. The van der Waals surface area contributed by atoms with Gasteiger partial charge in [-0.15, -0.1) is 0 Å². The van der Waals surface area contributed by atoms with E-state index in [0.717, 1.165) is 18.9 Å². The minimum absolute atomic E-state index is 0.116. The monoisotopic (exact) mass is 406 g/mol. The molecule has 0 aliphatic heterocycles. The third-order valence-electron chi connectivity index (χ3n) is 6.35. The lowest BCUT2D eigenvalue weighted by molar-refractivity contribution is -0.119. The van der Waals surface area contributed by atoms with Gasteiger partial charge in [0.05, 0.1) is 0 Å². The fourth-order valence-corrected chi connectivity index (χ4v) is 9.98. The summed E-state index contributed by atoms with van der Waals surface area (Å²) >= 11 is 0. The van der Waals surface area contributed by atoms with Gasteiger partial charge in [0, 0.05) is 12.8 Å². The van der Waals surface area contributed by atoms with Gasteiger partial charge in [-0.3, -0.25) is 4.79 Å². The lowest BCUT2D eigenvalue weighted by atomic mass is 9.96. The Morgan fingerprint density at radius 3 is 1.86 bits per heavy atom. The Labute approximate surface area is 179 Å². The summed E-state index contributed by atoms with van der Waals surface area (Å²) in [4.78, 5) is 12.4. The minimum atomic E-state index is -2.16. The van der Waals surface area contributed by atoms with Crippen molar-refractivity contribution in [1.29, 1.82) is 0 Å². The van der Waals surface area contributed by atoms with Crippen LogP contribution in [-0.2, 0) is 4.79 Å². The van der Waals surface area contributed by atoms with Crippen LogP contribution in [0, 0.1) is 5.92 Å². The molecule has 0 saturated heterocycles. The zero-order valence-corrected chi connectivity index (χ0v) is 20.0. The molecule has 2 heteroatoms. The molecule has 2 aromatic carbocycles. The maximum absolute atomic E-state index is 12.4. The van der Waals surface area contributed by atoms with Crippen molar-refractivity contribution in [1.82, 2.24) is 0 Å². The lowest BCUT2D eigenvalue weighted by Crippen LogP contribution is -2.64. The highest BCUT2D eigenvalue weighted by atomic mass is 28.3. The van der Waals surface area contributed by atoms with Crippen molar-refractivity contribution in [2.75, 3.05) is 0 Å². The Kier molecular flexibility index (Phi) is 8.21. The van der Waals surface area contributed by atoms with Crippen LogP contribution in [0.3, 0.4) is 0 Å². The Balaban J connectivity index is 2.43. The van der Waals surface area contributed by atoms with Crippen molar-refractivity contribution >= 4 is 24.2 Å². The first-order valence-electron chi connectivity index (χ1n) is 11.0. The Bertz CT molecular complexity index is 747. The molecule has 2 rings (SSSR count). The van der Waals surface area contributed by atoms with Crippen molar-refractivity contribution in [3.63, 3.8) is 0 Å². The highest BCUT2D eigenvalue weighted by Crippen LogP contribution is 2.41. The normalized spacial score (nSPS) is 13.1. The van der Waals surface area contributed by atoms with Gasteiger partial charge in [-0.2, -0.15) is 0 Å². The fourth-order valence-electron chi connectivity index (χ4n) is 4.42. The van der Waals surface area contributed by atoms with Crippen LogP contribution in [-0.4, -0.2) is 13.9 Å². The van der Waals surface area contributed by atoms with Crippen LogP contribution in [0.25, 0.3) is 0 Å². The number of carbonyl (C=O) groups excluding carboxylic acids is 1. The maximum Gasteiger partial charge on any atom is 0.133 e. The molecule has 0 bridgehead atoms. The summed E-state index contributed by atoms with van der Waals surface area (Å²) in [6, 6.07) is 23.0. The van der Waals surface area contributed by atoms with E-state index < -0.39 is 8.07 Å². The smallest absolute Gasteiger partial charge is 0.133 e. The van der Waals surface area contributed by atoms with Crippen molar-refractivity contribution in [3.05, 3.63) is 72.8 Å². The molecule has 0 aromatic heterocycles. The first kappa shape index (κ1) is 23.3. The molecule has 0 saturated carbocycles. The molecule has 29 heavy (non-hydrogen) atoms. The molecule has 0 fully saturated rings. The second kappa shape index (κ2) is 10.2. The number of benzene rings is 2. The van der Waals surface area contributed by atoms with Crippen molar-refractivity contribution < 1.29 is 4.79 Å². The van der Waals surface area contributed by atoms with E-state index in [4.69, 9.17) is 0 Å². The fraction of sp³-hybridized carbons (Fsp3) is 0.444. The van der Waals surface area contributed by atoms with E-state index in [-0.39, 0.29) is 11.0 Å². The molecule has 0 amide bonds. The van der Waals surface area contributed by atoms with E-state index in [1.165, 1.54) is 15.9 Å². The van der Waals surface area contributed by atoms with Crippen LogP contribution < -0.4 is 10.4 Å².